The lowest BCUT2D eigenvalue weighted by atomic mass is 10.2. The molecule has 0 bridgehead atoms. The maximum atomic E-state index is 12.5. The van der Waals surface area contributed by atoms with E-state index in [1.54, 1.807) is 37.5 Å². The second kappa shape index (κ2) is 7.36. The maximum absolute atomic E-state index is 12.5. The number of carbonyl (C=O) groups excluding carboxylic acids is 1. The van der Waals surface area contributed by atoms with Gasteiger partial charge in [0.2, 0.25) is 5.91 Å². The van der Waals surface area contributed by atoms with Gasteiger partial charge in [0.25, 0.3) is 11.1 Å². The number of thioether (sulfide) groups is 1. The summed E-state index contributed by atoms with van der Waals surface area (Å²) in [6.45, 7) is 4.60. The number of anilines is 1. The molecule has 1 aromatic carbocycles. The molecular formula is C18H17N3O5S. The van der Waals surface area contributed by atoms with Crippen molar-refractivity contribution in [1.29, 1.82) is 0 Å². The highest BCUT2D eigenvalue weighted by atomic mass is 32.2. The Bertz CT molecular complexity index is 968. The summed E-state index contributed by atoms with van der Waals surface area (Å²) >= 11 is 1.18. The van der Waals surface area contributed by atoms with Crippen molar-refractivity contribution < 1.29 is 23.1 Å². The number of hydrogen-bond donors (Lipinski definition) is 1. The molecule has 1 atom stereocenters. The van der Waals surface area contributed by atoms with Crippen LogP contribution >= 0.6 is 11.8 Å². The number of aryl methyl sites for hydroxylation is 1. The van der Waals surface area contributed by atoms with Crippen LogP contribution in [0.25, 0.3) is 11.5 Å². The van der Waals surface area contributed by atoms with Crippen LogP contribution in [0.3, 0.4) is 0 Å². The van der Waals surface area contributed by atoms with E-state index in [9.17, 15) is 4.79 Å². The molecule has 1 aliphatic heterocycles. The lowest BCUT2D eigenvalue weighted by molar-refractivity contribution is -0.115. The smallest absolute Gasteiger partial charge is 0.277 e. The molecule has 9 heteroatoms. The summed E-state index contributed by atoms with van der Waals surface area (Å²) in [4.78, 5) is 12.5. The number of nitrogens with one attached hydrogen (secondary N) is 1. The number of hydrogen-bond acceptors (Lipinski definition) is 8. The predicted octanol–water partition coefficient (Wildman–Crippen LogP) is 3.53. The molecule has 1 amide bonds. The summed E-state index contributed by atoms with van der Waals surface area (Å²) in [5.41, 5.74) is 1.37. The van der Waals surface area contributed by atoms with E-state index in [4.69, 9.17) is 18.3 Å². The molecule has 0 radical (unpaired) electrons. The summed E-state index contributed by atoms with van der Waals surface area (Å²) in [5.74, 6) is 2.17. The molecule has 3 aromatic rings. The van der Waals surface area contributed by atoms with E-state index in [1.807, 2.05) is 6.92 Å². The molecule has 1 N–H and O–H groups in total. The summed E-state index contributed by atoms with van der Waals surface area (Å²) in [6.07, 6.45) is 1.56. The van der Waals surface area contributed by atoms with Crippen molar-refractivity contribution in [3.63, 3.8) is 0 Å². The number of nitrogens with zero attached hydrogens (tertiary/aromatic N) is 2. The largest absolute Gasteiger partial charge is 0.486 e. The van der Waals surface area contributed by atoms with Crippen LogP contribution in [0.4, 0.5) is 5.69 Å². The van der Waals surface area contributed by atoms with Crippen molar-refractivity contribution in [3.05, 3.63) is 36.3 Å². The van der Waals surface area contributed by atoms with Gasteiger partial charge < -0.3 is 23.6 Å². The van der Waals surface area contributed by atoms with E-state index >= 15 is 0 Å². The van der Waals surface area contributed by atoms with Gasteiger partial charge in [0.05, 0.1) is 17.1 Å². The standard InChI is InChI=1S/C18H17N3O5S/c1-10-13(5-6-23-10)17-20-21-18(26-17)27-11(2)16(22)19-12-3-4-14-15(9-12)25-8-7-24-14/h3-6,9,11H,7-8H2,1-2H3,(H,19,22)/t11-/m0/s1. The molecule has 0 fully saturated rings. The third-order valence-corrected chi connectivity index (χ3v) is 4.89. The van der Waals surface area contributed by atoms with Gasteiger partial charge in [-0.1, -0.05) is 11.8 Å². The van der Waals surface area contributed by atoms with E-state index in [2.05, 4.69) is 15.5 Å². The van der Waals surface area contributed by atoms with Gasteiger partial charge in [-0.15, -0.1) is 10.2 Å². The van der Waals surface area contributed by atoms with Gasteiger partial charge in [0, 0.05) is 11.8 Å². The van der Waals surface area contributed by atoms with Crippen molar-refractivity contribution in [2.45, 2.75) is 24.3 Å². The van der Waals surface area contributed by atoms with Gasteiger partial charge in [0.15, 0.2) is 11.5 Å². The van der Waals surface area contributed by atoms with Gasteiger partial charge in [0.1, 0.15) is 19.0 Å². The number of carbonyl (C=O) groups is 1. The minimum Gasteiger partial charge on any atom is -0.486 e. The highest BCUT2D eigenvalue weighted by molar-refractivity contribution is 8.00. The predicted molar refractivity (Wildman–Crippen MR) is 98.1 cm³/mol. The molecule has 0 unspecified atom stereocenters. The summed E-state index contributed by atoms with van der Waals surface area (Å²) in [5, 5.41) is 10.7. The molecule has 0 spiro atoms. The van der Waals surface area contributed by atoms with Crippen molar-refractivity contribution in [2.75, 3.05) is 18.5 Å². The topological polar surface area (TPSA) is 99.6 Å². The number of fused-ring (bicyclic) bond motifs is 1. The monoisotopic (exact) mass is 387 g/mol. The Morgan fingerprint density at radius 2 is 2.00 bits per heavy atom. The number of ether oxygens (including phenoxy) is 2. The molecule has 27 heavy (non-hydrogen) atoms. The zero-order valence-electron chi connectivity index (χ0n) is 14.7. The molecule has 3 heterocycles. The van der Waals surface area contributed by atoms with Crippen LogP contribution in [0.1, 0.15) is 12.7 Å². The Labute approximate surface area is 159 Å². The molecule has 140 valence electrons. The summed E-state index contributed by atoms with van der Waals surface area (Å²) < 4.78 is 21.9. The van der Waals surface area contributed by atoms with E-state index in [0.29, 0.717) is 47.3 Å². The van der Waals surface area contributed by atoms with Crippen LogP contribution in [0.5, 0.6) is 11.5 Å². The number of amides is 1. The van der Waals surface area contributed by atoms with Crippen LogP contribution in [-0.2, 0) is 4.79 Å². The average Bonchev–Trinajstić information content (AvgIpc) is 3.30. The number of aromatic nitrogens is 2. The second-order valence-corrected chi connectivity index (χ2v) is 7.16. The van der Waals surface area contributed by atoms with Crippen LogP contribution in [0.2, 0.25) is 0 Å². The second-order valence-electron chi connectivity index (χ2n) is 5.87. The van der Waals surface area contributed by atoms with Crippen molar-refractivity contribution in [1.82, 2.24) is 10.2 Å². The van der Waals surface area contributed by atoms with Crippen LogP contribution < -0.4 is 14.8 Å². The zero-order chi connectivity index (χ0) is 18.8. The first-order valence-corrected chi connectivity index (χ1v) is 9.23. The molecule has 8 nitrogen and oxygen atoms in total. The minimum absolute atomic E-state index is 0.184. The van der Waals surface area contributed by atoms with Gasteiger partial charge in [-0.05, 0) is 32.0 Å². The normalized spacial score (nSPS) is 14.0. The molecule has 0 saturated carbocycles. The van der Waals surface area contributed by atoms with E-state index in [1.165, 1.54) is 11.8 Å². The summed E-state index contributed by atoms with van der Waals surface area (Å²) in [7, 11) is 0. The van der Waals surface area contributed by atoms with E-state index in [0.717, 1.165) is 5.56 Å². The molecule has 0 saturated heterocycles. The van der Waals surface area contributed by atoms with E-state index < -0.39 is 5.25 Å². The van der Waals surface area contributed by atoms with Gasteiger partial charge in [-0.25, -0.2) is 0 Å². The Kier molecular flexibility index (Phi) is 4.76. The Balaban J connectivity index is 1.40. The number of rotatable bonds is 5. The third kappa shape index (κ3) is 3.77. The minimum atomic E-state index is -0.433. The molecular weight excluding hydrogens is 370 g/mol. The molecule has 1 aliphatic rings. The lowest BCUT2D eigenvalue weighted by Gasteiger charge is -2.19. The first kappa shape index (κ1) is 17.5. The van der Waals surface area contributed by atoms with Gasteiger partial charge >= 0.3 is 0 Å². The van der Waals surface area contributed by atoms with E-state index in [-0.39, 0.29) is 5.91 Å². The fourth-order valence-corrected chi connectivity index (χ4v) is 3.23. The first-order valence-electron chi connectivity index (χ1n) is 8.35. The quantitative estimate of drug-likeness (QED) is 0.664. The highest BCUT2D eigenvalue weighted by Crippen LogP contribution is 2.33. The zero-order valence-corrected chi connectivity index (χ0v) is 15.5. The van der Waals surface area contributed by atoms with Crippen molar-refractivity contribution >= 4 is 23.4 Å². The van der Waals surface area contributed by atoms with Crippen molar-refractivity contribution in [3.8, 4) is 23.0 Å². The number of furan rings is 1. The molecule has 4 rings (SSSR count). The lowest BCUT2D eigenvalue weighted by Crippen LogP contribution is -2.22. The summed E-state index contributed by atoms with van der Waals surface area (Å²) in [6, 6.07) is 7.06. The fraction of sp³-hybridized carbons (Fsp3) is 0.278. The Morgan fingerprint density at radius 1 is 1.19 bits per heavy atom. The Morgan fingerprint density at radius 3 is 2.78 bits per heavy atom. The first-order chi connectivity index (χ1) is 13.1. The van der Waals surface area contributed by atoms with Crippen LogP contribution in [-0.4, -0.2) is 34.6 Å². The van der Waals surface area contributed by atoms with Crippen molar-refractivity contribution in [2.24, 2.45) is 0 Å². The SMILES string of the molecule is Cc1occc1-c1nnc(S[C@@H](C)C(=O)Nc2ccc3c(c2)OCCO3)o1. The van der Waals surface area contributed by atoms with Gasteiger partial charge in [-0.2, -0.15) is 0 Å². The Hall–Kier alpha value is -2.94. The third-order valence-electron chi connectivity index (χ3n) is 3.95. The number of benzene rings is 1. The molecule has 2 aromatic heterocycles. The molecule has 0 aliphatic carbocycles. The average molecular weight is 387 g/mol. The highest BCUT2D eigenvalue weighted by Gasteiger charge is 2.21. The fourth-order valence-electron chi connectivity index (χ4n) is 2.54. The van der Waals surface area contributed by atoms with Gasteiger partial charge in [-0.3, -0.25) is 4.79 Å². The van der Waals surface area contributed by atoms with Crippen LogP contribution in [0.15, 0.2) is 44.6 Å². The van der Waals surface area contributed by atoms with Crippen LogP contribution in [0, 0.1) is 6.92 Å². The maximum Gasteiger partial charge on any atom is 0.277 e.